The van der Waals surface area contributed by atoms with Crippen molar-refractivity contribution in [1.29, 1.82) is 5.26 Å². The molecule has 196 valence electrons. The molecule has 2 saturated carbocycles. The van der Waals surface area contributed by atoms with Gasteiger partial charge in [0, 0.05) is 29.8 Å². The van der Waals surface area contributed by atoms with Gasteiger partial charge in [-0.2, -0.15) is 5.26 Å². The second-order valence-electron chi connectivity index (χ2n) is 11.0. The standard InChI is InChI=1S/C29H36N4O4/c1-37-27-12-6-10-23-22(27)15-24(32-23)29(36)33-17-20(18-7-3-2-4-8-18)14-25(33)28(35)31-21(16-30)13-19-9-5-11-26(19)34/h6,10,12,15,18-21,25,32H,2-5,7-9,11,13-14,17H2,1H3,(H,31,35). The molecule has 2 heterocycles. The molecule has 3 fully saturated rings. The second kappa shape index (κ2) is 11.0. The summed E-state index contributed by atoms with van der Waals surface area (Å²) in [6.07, 6.45) is 9.02. The summed E-state index contributed by atoms with van der Waals surface area (Å²) in [5, 5.41) is 13.4. The normalized spacial score (nSPS) is 25.2. The number of aromatic amines is 1. The van der Waals surface area contributed by atoms with Crippen LogP contribution in [0.1, 0.15) is 74.7 Å². The van der Waals surface area contributed by atoms with Crippen molar-refractivity contribution >= 4 is 28.5 Å². The van der Waals surface area contributed by atoms with E-state index in [4.69, 9.17) is 4.74 Å². The van der Waals surface area contributed by atoms with Gasteiger partial charge in [0.1, 0.15) is 29.3 Å². The van der Waals surface area contributed by atoms with Crippen LogP contribution in [0.15, 0.2) is 24.3 Å². The van der Waals surface area contributed by atoms with E-state index >= 15 is 0 Å². The van der Waals surface area contributed by atoms with Crippen molar-refractivity contribution in [3.63, 3.8) is 0 Å². The molecule has 1 saturated heterocycles. The molecular weight excluding hydrogens is 468 g/mol. The lowest BCUT2D eigenvalue weighted by Crippen LogP contribution is -2.49. The molecule has 0 bridgehead atoms. The van der Waals surface area contributed by atoms with Crippen LogP contribution in [0.5, 0.6) is 5.75 Å². The highest BCUT2D eigenvalue weighted by Crippen LogP contribution is 2.38. The molecule has 2 N–H and O–H groups in total. The molecule has 8 nitrogen and oxygen atoms in total. The zero-order valence-electron chi connectivity index (χ0n) is 21.5. The number of nitrogens with zero attached hydrogens (tertiary/aromatic N) is 2. The number of rotatable bonds is 7. The average molecular weight is 505 g/mol. The number of benzene rings is 1. The Balaban J connectivity index is 1.37. The number of ketones is 1. The SMILES string of the molecule is COc1cccc2[nH]c(C(=O)N3CC(C4CCCCC4)CC3C(=O)NC(C#N)CC3CCCC3=O)cc12. The first-order chi connectivity index (χ1) is 18.0. The summed E-state index contributed by atoms with van der Waals surface area (Å²) in [7, 11) is 1.60. The summed E-state index contributed by atoms with van der Waals surface area (Å²) in [6, 6.07) is 8.22. The molecule has 0 radical (unpaired) electrons. The third-order valence-electron chi connectivity index (χ3n) is 8.71. The van der Waals surface area contributed by atoms with Gasteiger partial charge in [-0.05, 0) is 55.7 Å². The minimum Gasteiger partial charge on any atom is -0.496 e. The predicted molar refractivity (Wildman–Crippen MR) is 139 cm³/mol. The summed E-state index contributed by atoms with van der Waals surface area (Å²) in [5.41, 5.74) is 1.23. The first-order valence-corrected chi connectivity index (χ1v) is 13.7. The van der Waals surface area contributed by atoms with Gasteiger partial charge < -0.3 is 19.9 Å². The molecule has 1 aromatic carbocycles. The van der Waals surface area contributed by atoms with Gasteiger partial charge >= 0.3 is 0 Å². The van der Waals surface area contributed by atoms with Crippen LogP contribution in [0, 0.1) is 29.1 Å². The van der Waals surface area contributed by atoms with Gasteiger partial charge in [-0.15, -0.1) is 0 Å². The second-order valence-corrected chi connectivity index (χ2v) is 11.0. The van der Waals surface area contributed by atoms with Crippen LogP contribution in [0.4, 0.5) is 0 Å². The molecule has 37 heavy (non-hydrogen) atoms. The number of carbonyl (C=O) groups is 3. The van der Waals surface area contributed by atoms with Gasteiger partial charge in [0.15, 0.2) is 0 Å². The molecular formula is C29H36N4O4. The minimum absolute atomic E-state index is 0.164. The average Bonchev–Trinajstić information content (AvgIpc) is 3.66. The molecule has 8 heteroatoms. The van der Waals surface area contributed by atoms with Crippen molar-refractivity contribution in [3.8, 4) is 11.8 Å². The van der Waals surface area contributed by atoms with E-state index < -0.39 is 12.1 Å². The fraction of sp³-hybridized carbons (Fsp3) is 0.586. The van der Waals surface area contributed by atoms with Crippen molar-refractivity contribution in [2.45, 2.75) is 76.3 Å². The van der Waals surface area contributed by atoms with E-state index in [1.807, 2.05) is 18.2 Å². The molecule has 2 aliphatic carbocycles. The fourth-order valence-corrected chi connectivity index (χ4v) is 6.70. The number of fused-ring (bicyclic) bond motifs is 1. The van der Waals surface area contributed by atoms with Crippen LogP contribution in [-0.2, 0) is 9.59 Å². The van der Waals surface area contributed by atoms with E-state index in [0.29, 0.717) is 43.2 Å². The first-order valence-electron chi connectivity index (χ1n) is 13.7. The zero-order chi connectivity index (χ0) is 25.9. The van der Waals surface area contributed by atoms with Gasteiger partial charge in [0.2, 0.25) is 5.91 Å². The number of likely N-dealkylation sites (tertiary alicyclic amines) is 1. The Kier molecular flexibility index (Phi) is 7.50. The van der Waals surface area contributed by atoms with Crippen molar-refractivity contribution < 1.29 is 19.1 Å². The summed E-state index contributed by atoms with van der Waals surface area (Å²) in [6.45, 7) is 0.534. The lowest BCUT2D eigenvalue weighted by atomic mass is 9.79. The highest BCUT2D eigenvalue weighted by atomic mass is 16.5. The number of Topliss-reactive ketones (excluding diaryl/α,β-unsaturated/α-hetero) is 1. The minimum atomic E-state index is -0.734. The Labute approximate surface area is 217 Å². The van der Waals surface area contributed by atoms with Crippen LogP contribution in [0.2, 0.25) is 0 Å². The van der Waals surface area contributed by atoms with Gasteiger partial charge in [-0.1, -0.05) is 38.2 Å². The Morgan fingerprint density at radius 1 is 1.19 bits per heavy atom. The molecule has 4 unspecified atom stereocenters. The number of hydrogen-bond donors (Lipinski definition) is 2. The smallest absolute Gasteiger partial charge is 0.270 e. The molecule has 1 aliphatic heterocycles. The number of amides is 2. The van der Waals surface area contributed by atoms with E-state index in [-0.39, 0.29) is 29.4 Å². The van der Waals surface area contributed by atoms with Crippen molar-refractivity contribution in [2.24, 2.45) is 17.8 Å². The maximum absolute atomic E-state index is 13.8. The van der Waals surface area contributed by atoms with Crippen LogP contribution >= 0.6 is 0 Å². The van der Waals surface area contributed by atoms with Gasteiger partial charge in [0.25, 0.3) is 5.91 Å². The number of nitrogens with one attached hydrogen (secondary N) is 2. The summed E-state index contributed by atoms with van der Waals surface area (Å²) < 4.78 is 5.46. The number of methoxy groups -OCH3 is 1. The fourth-order valence-electron chi connectivity index (χ4n) is 6.70. The maximum atomic E-state index is 13.8. The quantitative estimate of drug-likeness (QED) is 0.582. The molecule has 0 spiro atoms. The molecule has 2 aromatic rings. The molecule has 5 rings (SSSR count). The first kappa shape index (κ1) is 25.3. The number of H-pyrrole nitrogens is 1. The van der Waals surface area contributed by atoms with E-state index in [1.54, 1.807) is 18.1 Å². The molecule has 3 aliphatic rings. The number of aromatic nitrogens is 1. The number of ether oxygens (including phenoxy) is 1. The van der Waals surface area contributed by atoms with Crippen LogP contribution in [-0.4, -0.2) is 53.2 Å². The van der Waals surface area contributed by atoms with E-state index in [1.165, 1.54) is 19.3 Å². The highest BCUT2D eigenvalue weighted by Gasteiger charge is 2.43. The van der Waals surface area contributed by atoms with Gasteiger partial charge in [-0.25, -0.2) is 0 Å². The summed E-state index contributed by atoms with van der Waals surface area (Å²) >= 11 is 0. The monoisotopic (exact) mass is 504 g/mol. The van der Waals surface area contributed by atoms with Crippen LogP contribution in [0.25, 0.3) is 10.9 Å². The third kappa shape index (κ3) is 5.22. The van der Waals surface area contributed by atoms with Crippen LogP contribution in [0.3, 0.4) is 0 Å². The Morgan fingerprint density at radius 3 is 2.70 bits per heavy atom. The summed E-state index contributed by atoms with van der Waals surface area (Å²) in [4.78, 5) is 44.4. The predicted octanol–water partition coefficient (Wildman–Crippen LogP) is 4.36. The Morgan fingerprint density at radius 2 is 2.00 bits per heavy atom. The molecule has 2 amide bonds. The van der Waals surface area contributed by atoms with E-state index in [9.17, 15) is 19.6 Å². The third-order valence-corrected chi connectivity index (χ3v) is 8.71. The molecule has 4 atom stereocenters. The topological polar surface area (TPSA) is 115 Å². The molecule has 1 aromatic heterocycles. The number of carbonyl (C=O) groups excluding carboxylic acids is 3. The van der Waals surface area contributed by atoms with Crippen molar-refractivity contribution in [3.05, 3.63) is 30.0 Å². The number of hydrogen-bond acceptors (Lipinski definition) is 5. The largest absolute Gasteiger partial charge is 0.496 e. The Bertz CT molecular complexity index is 1210. The van der Waals surface area contributed by atoms with Gasteiger partial charge in [-0.3, -0.25) is 14.4 Å². The van der Waals surface area contributed by atoms with Crippen molar-refractivity contribution in [2.75, 3.05) is 13.7 Å². The van der Waals surface area contributed by atoms with E-state index in [2.05, 4.69) is 16.4 Å². The summed E-state index contributed by atoms with van der Waals surface area (Å²) in [5.74, 6) is 0.959. The van der Waals surface area contributed by atoms with Crippen LogP contribution < -0.4 is 10.1 Å². The lowest BCUT2D eigenvalue weighted by molar-refractivity contribution is -0.126. The van der Waals surface area contributed by atoms with Crippen molar-refractivity contribution in [1.82, 2.24) is 15.2 Å². The zero-order valence-corrected chi connectivity index (χ0v) is 21.5. The Hall–Kier alpha value is -3.34. The van der Waals surface area contributed by atoms with E-state index in [0.717, 1.165) is 36.6 Å². The van der Waals surface area contributed by atoms with Gasteiger partial charge in [0.05, 0.1) is 13.2 Å². The number of nitriles is 1. The maximum Gasteiger partial charge on any atom is 0.270 e. The highest BCUT2D eigenvalue weighted by molar-refractivity contribution is 6.01. The lowest BCUT2D eigenvalue weighted by Gasteiger charge is -2.27.